The largest absolute Gasteiger partial charge is 0.391 e. The average Bonchev–Trinajstić information content (AvgIpc) is 3.12. The van der Waals surface area contributed by atoms with E-state index in [4.69, 9.17) is 0 Å². The second-order valence-corrected chi connectivity index (χ2v) is 5.01. The van der Waals surface area contributed by atoms with Crippen LogP contribution in [0.3, 0.4) is 0 Å². The minimum Gasteiger partial charge on any atom is -0.391 e. The predicted octanol–water partition coefficient (Wildman–Crippen LogP) is 0.608. The van der Waals surface area contributed by atoms with E-state index in [-0.39, 0.29) is 11.7 Å². The van der Waals surface area contributed by atoms with Crippen LogP contribution < -0.4 is 10.5 Å². The third-order valence-corrected chi connectivity index (χ3v) is 3.43. The van der Waals surface area contributed by atoms with E-state index >= 15 is 0 Å². The molecule has 0 amide bonds. The Balaban J connectivity index is 1.88. The van der Waals surface area contributed by atoms with Crippen molar-refractivity contribution < 1.29 is 5.11 Å². The smallest absolute Gasteiger partial charge is 0.252 e. The number of hydrogen-bond donors (Lipinski definition) is 2. The first-order valence-corrected chi connectivity index (χ1v) is 6.26. The van der Waals surface area contributed by atoms with Crippen molar-refractivity contribution in [1.29, 1.82) is 0 Å². The molecule has 1 atom stereocenters. The Bertz CT molecular complexity index is 467. The molecule has 0 aromatic carbocycles. The summed E-state index contributed by atoms with van der Waals surface area (Å²) in [5, 5.41) is 9.65. The number of anilines is 1. The number of aromatic amines is 1. The number of hydrogen-bond acceptors (Lipinski definition) is 4. The summed E-state index contributed by atoms with van der Waals surface area (Å²) >= 11 is 0. The SMILES string of the molecule is O=c1cc(N2CCC[C@H](O)C2)nc(C2CC2)[nH]1. The zero-order valence-corrected chi connectivity index (χ0v) is 9.72. The highest BCUT2D eigenvalue weighted by molar-refractivity contribution is 5.38. The topological polar surface area (TPSA) is 69.2 Å². The maximum absolute atomic E-state index is 11.6. The third kappa shape index (κ3) is 2.34. The maximum Gasteiger partial charge on any atom is 0.252 e. The second-order valence-electron chi connectivity index (χ2n) is 5.01. The average molecular weight is 235 g/mol. The van der Waals surface area contributed by atoms with Crippen LogP contribution in [0.1, 0.15) is 37.4 Å². The molecule has 3 rings (SSSR count). The van der Waals surface area contributed by atoms with Gasteiger partial charge in [-0.25, -0.2) is 4.98 Å². The fourth-order valence-corrected chi connectivity index (χ4v) is 2.34. The fourth-order valence-electron chi connectivity index (χ4n) is 2.34. The van der Waals surface area contributed by atoms with E-state index in [0.29, 0.717) is 12.5 Å². The summed E-state index contributed by atoms with van der Waals surface area (Å²) in [6.07, 6.45) is 3.74. The van der Waals surface area contributed by atoms with Crippen LogP contribution in [0.4, 0.5) is 5.82 Å². The van der Waals surface area contributed by atoms with E-state index in [2.05, 4.69) is 9.97 Å². The van der Waals surface area contributed by atoms with Gasteiger partial charge in [-0.2, -0.15) is 0 Å². The molecule has 0 radical (unpaired) electrons. The van der Waals surface area contributed by atoms with Gasteiger partial charge in [0, 0.05) is 25.1 Å². The summed E-state index contributed by atoms with van der Waals surface area (Å²) in [7, 11) is 0. The summed E-state index contributed by atoms with van der Waals surface area (Å²) in [6.45, 7) is 1.46. The van der Waals surface area contributed by atoms with Crippen molar-refractivity contribution in [2.24, 2.45) is 0 Å². The van der Waals surface area contributed by atoms with Gasteiger partial charge in [0.05, 0.1) is 6.10 Å². The molecule has 1 aliphatic carbocycles. The molecule has 1 aromatic heterocycles. The van der Waals surface area contributed by atoms with E-state index in [0.717, 1.165) is 43.9 Å². The summed E-state index contributed by atoms with van der Waals surface area (Å²) in [4.78, 5) is 20.9. The third-order valence-electron chi connectivity index (χ3n) is 3.43. The van der Waals surface area contributed by atoms with Crippen LogP contribution in [-0.4, -0.2) is 34.3 Å². The summed E-state index contributed by atoms with van der Waals surface area (Å²) in [5.74, 6) is 1.97. The molecule has 0 unspecified atom stereocenters. The van der Waals surface area contributed by atoms with Gasteiger partial charge in [0.1, 0.15) is 11.6 Å². The number of β-amino-alcohol motifs (C(OH)–C–C–N with tert-alkyl or cyclic N) is 1. The molecule has 1 aromatic rings. The van der Waals surface area contributed by atoms with Crippen LogP contribution in [-0.2, 0) is 0 Å². The Hall–Kier alpha value is -1.36. The summed E-state index contributed by atoms with van der Waals surface area (Å²) in [5.41, 5.74) is -0.0861. The Labute approximate surface area is 99.5 Å². The van der Waals surface area contributed by atoms with Crippen LogP contribution in [0.25, 0.3) is 0 Å². The molecule has 5 heteroatoms. The first-order valence-electron chi connectivity index (χ1n) is 6.26. The zero-order valence-electron chi connectivity index (χ0n) is 9.72. The number of aliphatic hydroxyl groups excluding tert-OH is 1. The number of aliphatic hydroxyl groups is 1. The first-order chi connectivity index (χ1) is 8.22. The molecular formula is C12H17N3O2. The Kier molecular flexibility index (Phi) is 2.63. The number of H-pyrrole nitrogens is 1. The van der Waals surface area contributed by atoms with Crippen LogP contribution in [0.15, 0.2) is 10.9 Å². The molecule has 92 valence electrons. The Morgan fingerprint density at radius 1 is 1.41 bits per heavy atom. The molecule has 17 heavy (non-hydrogen) atoms. The lowest BCUT2D eigenvalue weighted by Gasteiger charge is -2.31. The van der Waals surface area contributed by atoms with Crippen LogP contribution in [0.2, 0.25) is 0 Å². The number of nitrogens with one attached hydrogen (secondary N) is 1. The highest BCUT2D eigenvalue weighted by Crippen LogP contribution is 2.38. The summed E-state index contributed by atoms with van der Waals surface area (Å²) < 4.78 is 0. The van der Waals surface area contributed by atoms with Gasteiger partial charge in [-0.3, -0.25) is 4.79 Å². The molecule has 0 bridgehead atoms. The van der Waals surface area contributed by atoms with E-state index in [1.54, 1.807) is 0 Å². The van der Waals surface area contributed by atoms with Gasteiger partial charge in [0.25, 0.3) is 5.56 Å². The second kappa shape index (κ2) is 4.14. The number of nitrogens with zero attached hydrogens (tertiary/aromatic N) is 2. The minimum atomic E-state index is -0.297. The first kappa shape index (κ1) is 10.8. The van der Waals surface area contributed by atoms with Crippen LogP contribution in [0.5, 0.6) is 0 Å². The van der Waals surface area contributed by atoms with Crippen LogP contribution in [0, 0.1) is 0 Å². The van der Waals surface area contributed by atoms with Crippen molar-refractivity contribution in [2.45, 2.75) is 37.7 Å². The van der Waals surface area contributed by atoms with Crippen molar-refractivity contribution >= 4 is 5.82 Å². The van der Waals surface area contributed by atoms with Gasteiger partial charge in [0.2, 0.25) is 0 Å². The van der Waals surface area contributed by atoms with E-state index in [1.165, 1.54) is 6.07 Å². The van der Waals surface area contributed by atoms with Gasteiger partial charge in [-0.05, 0) is 25.7 Å². The Morgan fingerprint density at radius 3 is 2.94 bits per heavy atom. The van der Waals surface area contributed by atoms with Gasteiger partial charge in [0.15, 0.2) is 0 Å². The van der Waals surface area contributed by atoms with E-state index in [9.17, 15) is 9.90 Å². The van der Waals surface area contributed by atoms with E-state index in [1.807, 2.05) is 4.90 Å². The summed E-state index contributed by atoms with van der Waals surface area (Å²) in [6, 6.07) is 1.53. The van der Waals surface area contributed by atoms with Crippen molar-refractivity contribution in [3.8, 4) is 0 Å². The van der Waals surface area contributed by atoms with Crippen molar-refractivity contribution in [1.82, 2.24) is 9.97 Å². The fraction of sp³-hybridized carbons (Fsp3) is 0.667. The monoisotopic (exact) mass is 235 g/mol. The molecule has 5 nitrogen and oxygen atoms in total. The molecule has 1 saturated carbocycles. The molecule has 1 saturated heterocycles. The number of piperidine rings is 1. The molecule has 1 aliphatic heterocycles. The molecule has 0 spiro atoms. The maximum atomic E-state index is 11.6. The van der Waals surface area contributed by atoms with Gasteiger partial charge >= 0.3 is 0 Å². The normalized spacial score (nSPS) is 25.0. The highest BCUT2D eigenvalue weighted by Gasteiger charge is 2.27. The molecule has 2 fully saturated rings. The van der Waals surface area contributed by atoms with Gasteiger partial charge in [-0.15, -0.1) is 0 Å². The predicted molar refractivity (Wildman–Crippen MR) is 64.3 cm³/mol. The molecule has 2 N–H and O–H groups in total. The number of rotatable bonds is 2. The molecule has 2 heterocycles. The lowest BCUT2D eigenvalue weighted by molar-refractivity contribution is 0.154. The Morgan fingerprint density at radius 2 is 2.24 bits per heavy atom. The van der Waals surface area contributed by atoms with Crippen molar-refractivity contribution in [2.75, 3.05) is 18.0 Å². The van der Waals surface area contributed by atoms with Crippen molar-refractivity contribution in [3.63, 3.8) is 0 Å². The zero-order chi connectivity index (χ0) is 11.8. The minimum absolute atomic E-state index is 0.0861. The van der Waals surface area contributed by atoms with Crippen LogP contribution >= 0.6 is 0 Å². The number of aromatic nitrogens is 2. The lowest BCUT2D eigenvalue weighted by Crippen LogP contribution is -2.39. The highest BCUT2D eigenvalue weighted by atomic mass is 16.3. The standard InChI is InChI=1S/C12H17N3O2/c16-9-2-1-5-15(7-9)10-6-11(17)14-12(13-10)8-3-4-8/h6,8-9,16H,1-5,7H2,(H,13,14,17)/t9-/m0/s1. The quantitative estimate of drug-likeness (QED) is 0.788. The molecule has 2 aliphatic rings. The van der Waals surface area contributed by atoms with E-state index < -0.39 is 0 Å². The van der Waals surface area contributed by atoms with Gasteiger partial charge < -0.3 is 15.0 Å². The van der Waals surface area contributed by atoms with Crippen molar-refractivity contribution in [3.05, 3.63) is 22.2 Å². The van der Waals surface area contributed by atoms with Gasteiger partial charge in [-0.1, -0.05) is 0 Å². The lowest BCUT2D eigenvalue weighted by atomic mass is 10.1. The molecular weight excluding hydrogens is 218 g/mol.